The van der Waals surface area contributed by atoms with Crippen LogP contribution in [0.2, 0.25) is 0 Å². The van der Waals surface area contributed by atoms with Crippen LogP contribution in [0.15, 0.2) is 23.2 Å². The molecule has 1 aromatic rings. The van der Waals surface area contributed by atoms with Crippen molar-refractivity contribution in [3.8, 4) is 5.75 Å². The maximum Gasteiger partial charge on any atom is 0.300 e. The van der Waals surface area contributed by atoms with E-state index in [1.165, 1.54) is 30.2 Å². The molecule has 4 amide bonds. The highest BCUT2D eigenvalue weighted by Crippen LogP contribution is 2.29. The molecule has 1 aromatic carbocycles. The number of aliphatic carboxylic acids is 1. The molecule has 2 aliphatic heterocycles. The van der Waals surface area contributed by atoms with Crippen molar-refractivity contribution in [2.24, 2.45) is 16.5 Å². The SMILES string of the molecule is CC(=O)O.COc1cc([N+](=O)[O-])ccc1NC(=O)[C@H](CCCN=C(N)N)NC(=O)[C@@H]1CCCN1C(=O)[C@@H]1CCC(=O)N1. The number of amides is 4. The molecule has 42 heavy (non-hydrogen) atoms. The van der Waals surface area contributed by atoms with E-state index in [9.17, 15) is 29.3 Å². The normalized spacial score (nSPS) is 18.0. The highest BCUT2D eigenvalue weighted by atomic mass is 16.6. The minimum Gasteiger partial charge on any atom is -0.494 e. The number of non-ortho nitro benzene ring substituents is 1. The zero-order chi connectivity index (χ0) is 31.4. The van der Waals surface area contributed by atoms with E-state index in [2.05, 4.69) is 20.9 Å². The van der Waals surface area contributed by atoms with Crippen molar-refractivity contribution in [3.63, 3.8) is 0 Å². The van der Waals surface area contributed by atoms with Crippen molar-refractivity contribution < 1.29 is 38.7 Å². The third-order valence-corrected chi connectivity index (χ3v) is 6.36. The fraction of sp³-hybridized carbons (Fsp3) is 0.520. The Morgan fingerprint density at radius 3 is 2.55 bits per heavy atom. The maximum absolute atomic E-state index is 13.3. The first-order valence-electron chi connectivity index (χ1n) is 13.1. The first-order valence-corrected chi connectivity index (χ1v) is 13.1. The molecule has 0 saturated carbocycles. The van der Waals surface area contributed by atoms with Crippen LogP contribution in [-0.4, -0.2) is 88.8 Å². The lowest BCUT2D eigenvalue weighted by Gasteiger charge is -2.28. The summed E-state index contributed by atoms with van der Waals surface area (Å²) in [4.78, 5) is 75.8. The zero-order valence-corrected chi connectivity index (χ0v) is 23.3. The van der Waals surface area contributed by atoms with E-state index in [0.717, 1.165) is 6.92 Å². The molecule has 3 atom stereocenters. The molecule has 2 saturated heterocycles. The number of nitrogens with two attached hydrogens (primary N) is 2. The van der Waals surface area contributed by atoms with E-state index in [-0.39, 0.29) is 54.3 Å². The Bertz CT molecular complexity index is 1210. The number of nitro groups is 1. The van der Waals surface area contributed by atoms with Gasteiger partial charge in [0.1, 0.15) is 23.9 Å². The van der Waals surface area contributed by atoms with Crippen molar-refractivity contribution in [3.05, 3.63) is 28.3 Å². The Labute approximate surface area is 241 Å². The molecule has 17 heteroatoms. The number of carbonyl (C=O) groups excluding carboxylic acids is 4. The predicted octanol–water partition coefficient (Wildman–Crippen LogP) is -0.559. The molecule has 2 heterocycles. The van der Waals surface area contributed by atoms with Crippen molar-refractivity contribution in [2.75, 3.05) is 25.5 Å². The Hall–Kier alpha value is -4.96. The van der Waals surface area contributed by atoms with Crippen LogP contribution in [0, 0.1) is 10.1 Å². The Balaban J connectivity index is 0.00000144. The molecule has 0 aliphatic carbocycles. The number of nitrogens with one attached hydrogen (secondary N) is 3. The molecule has 0 radical (unpaired) electrons. The highest BCUT2D eigenvalue weighted by molar-refractivity contribution is 6.00. The van der Waals surface area contributed by atoms with E-state index in [0.29, 0.717) is 32.2 Å². The Kier molecular flexibility index (Phi) is 12.5. The lowest BCUT2D eigenvalue weighted by molar-refractivity contribution is -0.384. The van der Waals surface area contributed by atoms with Gasteiger partial charge in [0, 0.05) is 32.5 Å². The summed E-state index contributed by atoms with van der Waals surface area (Å²) in [6, 6.07) is 1.24. The summed E-state index contributed by atoms with van der Waals surface area (Å²) in [5, 5.41) is 26.5. The Morgan fingerprint density at radius 2 is 1.98 bits per heavy atom. The van der Waals surface area contributed by atoms with E-state index in [1.54, 1.807) is 0 Å². The van der Waals surface area contributed by atoms with Crippen LogP contribution < -0.4 is 32.2 Å². The van der Waals surface area contributed by atoms with Crippen molar-refractivity contribution >= 4 is 46.9 Å². The number of ether oxygens (including phenoxy) is 1. The number of carboxylic acid groups (broad SMARTS) is 1. The van der Waals surface area contributed by atoms with Crippen LogP contribution in [0.1, 0.15) is 45.4 Å². The van der Waals surface area contributed by atoms with Gasteiger partial charge in [-0.25, -0.2) is 0 Å². The number of rotatable bonds is 11. The van der Waals surface area contributed by atoms with Crippen molar-refractivity contribution in [1.82, 2.24) is 15.5 Å². The summed E-state index contributed by atoms with van der Waals surface area (Å²) in [6.45, 7) is 1.67. The lowest BCUT2D eigenvalue weighted by atomic mass is 10.1. The van der Waals surface area contributed by atoms with Gasteiger partial charge in [-0.05, 0) is 38.2 Å². The average Bonchev–Trinajstić information content (AvgIpc) is 3.59. The van der Waals surface area contributed by atoms with E-state index >= 15 is 0 Å². The number of hydrogen-bond donors (Lipinski definition) is 6. The van der Waals surface area contributed by atoms with Crippen LogP contribution in [0.4, 0.5) is 11.4 Å². The fourth-order valence-corrected chi connectivity index (χ4v) is 4.46. The minimum atomic E-state index is -1.03. The van der Waals surface area contributed by atoms with Crippen LogP contribution in [-0.2, 0) is 24.0 Å². The number of nitrogens with zero attached hydrogens (tertiary/aromatic N) is 3. The predicted molar refractivity (Wildman–Crippen MR) is 149 cm³/mol. The molecule has 2 fully saturated rings. The van der Waals surface area contributed by atoms with Gasteiger partial charge in [-0.2, -0.15) is 0 Å². The molecule has 3 rings (SSSR count). The van der Waals surface area contributed by atoms with Crippen LogP contribution in [0.3, 0.4) is 0 Å². The van der Waals surface area contributed by atoms with Crippen molar-refractivity contribution in [2.45, 2.75) is 63.6 Å². The van der Waals surface area contributed by atoms with Crippen molar-refractivity contribution in [1.29, 1.82) is 0 Å². The molecule has 0 spiro atoms. The number of nitro benzene ring substituents is 1. The molecule has 230 valence electrons. The van der Waals surface area contributed by atoms with Crippen LogP contribution >= 0.6 is 0 Å². The van der Waals surface area contributed by atoms with E-state index < -0.39 is 40.8 Å². The van der Waals surface area contributed by atoms with Gasteiger partial charge in [-0.3, -0.25) is 39.1 Å². The standard InChI is InChI=1S/C23H32N8O7.C2H4O2/c1-38-18-12-13(31(36)37)6-7-14(18)28-20(33)15(4-2-10-26-23(24)25)29-21(34)17-5-3-11-30(17)22(35)16-8-9-19(32)27-16;1-2(3)4/h6-7,12,15-17H,2-5,8-11H2,1H3,(H,27,32)(H,28,33)(H,29,34)(H4,24,25,26);1H3,(H,3,4)/t15-,16-,17-;/m0./s1. The second-order valence-corrected chi connectivity index (χ2v) is 9.51. The maximum atomic E-state index is 13.3. The van der Waals surface area contributed by atoms with Gasteiger partial charge in [0.2, 0.25) is 23.6 Å². The smallest absolute Gasteiger partial charge is 0.300 e. The number of benzene rings is 1. The molecule has 0 unspecified atom stereocenters. The largest absolute Gasteiger partial charge is 0.494 e. The number of carbonyl (C=O) groups is 5. The van der Waals surface area contributed by atoms with E-state index in [4.69, 9.17) is 26.1 Å². The highest BCUT2D eigenvalue weighted by Gasteiger charge is 2.40. The molecule has 2 aliphatic rings. The second kappa shape index (κ2) is 15.7. The van der Waals surface area contributed by atoms with Gasteiger partial charge in [0.05, 0.1) is 23.8 Å². The fourth-order valence-electron chi connectivity index (χ4n) is 4.46. The number of anilines is 1. The average molecular weight is 593 g/mol. The summed E-state index contributed by atoms with van der Waals surface area (Å²) in [5.41, 5.74) is 10.7. The summed E-state index contributed by atoms with van der Waals surface area (Å²) in [6.07, 6.45) is 2.17. The zero-order valence-electron chi connectivity index (χ0n) is 23.3. The third kappa shape index (κ3) is 9.90. The number of carboxylic acids is 1. The molecule has 8 N–H and O–H groups in total. The lowest BCUT2D eigenvalue weighted by Crippen LogP contribution is -2.54. The number of methoxy groups -OCH3 is 1. The summed E-state index contributed by atoms with van der Waals surface area (Å²) in [5.74, 6) is -2.48. The van der Waals surface area contributed by atoms with Gasteiger partial charge in [-0.15, -0.1) is 0 Å². The molecular weight excluding hydrogens is 556 g/mol. The number of guanidine groups is 1. The van der Waals surface area contributed by atoms with Gasteiger partial charge in [-0.1, -0.05) is 0 Å². The van der Waals surface area contributed by atoms with Gasteiger partial charge >= 0.3 is 0 Å². The molecular formula is C25H36N8O9. The summed E-state index contributed by atoms with van der Waals surface area (Å²) < 4.78 is 5.17. The number of hydrogen-bond acceptors (Lipinski definition) is 9. The molecule has 0 aromatic heterocycles. The van der Waals surface area contributed by atoms with E-state index in [1.807, 2.05) is 0 Å². The first kappa shape index (κ1) is 33.2. The summed E-state index contributed by atoms with van der Waals surface area (Å²) >= 11 is 0. The number of likely N-dealkylation sites (tertiary alicyclic amines) is 1. The first-order chi connectivity index (χ1) is 19.8. The third-order valence-electron chi connectivity index (χ3n) is 6.36. The number of aliphatic imine (C=N–C) groups is 1. The molecule has 0 bridgehead atoms. The van der Waals surface area contributed by atoms with Gasteiger partial charge in [0.25, 0.3) is 11.7 Å². The Morgan fingerprint density at radius 1 is 1.29 bits per heavy atom. The topological polar surface area (TPSA) is 262 Å². The van der Waals surface area contributed by atoms with Gasteiger partial charge in [0.15, 0.2) is 5.96 Å². The second-order valence-electron chi connectivity index (χ2n) is 9.51. The monoisotopic (exact) mass is 592 g/mol. The van der Waals surface area contributed by atoms with Gasteiger partial charge < -0.3 is 42.2 Å². The van der Waals surface area contributed by atoms with Crippen LogP contribution in [0.5, 0.6) is 5.75 Å². The molecule has 17 nitrogen and oxygen atoms in total. The summed E-state index contributed by atoms with van der Waals surface area (Å²) in [7, 11) is 1.31. The van der Waals surface area contributed by atoms with Crippen LogP contribution in [0.25, 0.3) is 0 Å². The minimum absolute atomic E-state index is 0.0734. The quantitative estimate of drug-likeness (QED) is 0.0623.